The summed E-state index contributed by atoms with van der Waals surface area (Å²) in [4.78, 5) is 4.52. The van der Waals surface area contributed by atoms with Gasteiger partial charge in [-0.05, 0) is 24.1 Å². The summed E-state index contributed by atoms with van der Waals surface area (Å²) in [6.07, 6.45) is 0. The summed E-state index contributed by atoms with van der Waals surface area (Å²) in [6, 6.07) is 5.92. The number of rotatable bonds is 1. The molecule has 0 spiro atoms. The first-order chi connectivity index (χ1) is 6.57. The fourth-order valence-electron chi connectivity index (χ4n) is 2.03. The van der Waals surface area contributed by atoms with E-state index in [9.17, 15) is 5.11 Å². The fourth-order valence-corrected chi connectivity index (χ4v) is 2.03. The summed E-state index contributed by atoms with van der Waals surface area (Å²) in [5.74, 6) is 0. The van der Waals surface area contributed by atoms with Gasteiger partial charge in [-0.3, -0.25) is 4.99 Å². The Kier molecular flexibility index (Phi) is 1.96. The third-order valence-electron chi connectivity index (χ3n) is 3.12. The topological polar surface area (TPSA) is 32.6 Å². The smallest absolute Gasteiger partial charge is 0.0685 e. The molecule has 0 radical (unpaired) electrons. The first kappa shape index (κ1) is 9.41. The van der Waals surface area contributed by atoms with Gasteiger partial charge < -0.3 is 5.11 Å². The first-order valence-corrected chi connectivity index (χ1v) is 4.86. The van der Waals surface area contributed by atoms with Gasteiger partial charge in [0.25, 0.3) is 0 Å². The van der Waals surface area contributed by atoms with Gasteiger partial charge in [-0.15, -0.1) is 0 Å². The fraction of sp³-hybridized carbons (Fsp3) is 0.417. The van der Waals surface area contributed by atoms with Gasteiger partial charge in [0.1, 0.15) is 0 Å². The number of fused-ring (bicyclic) bond motifs is 1. The number of aliphatic hydroxyl groups excluding tert-OH is 1. The average Bonchev–Trinajstić information content (AvgIpc) is 2.38. The van der Waals surface area contributed by atoms with Gasteiger partial charge in [0.2, 0.25) is 0 Å². The summed E-state index contributed by atoms with van der Waals surface area (Å²) in [6.45, 7) is 6.43. The van der Waals surface area contributed by atoms with Crippen molar-refractivity contribution in [2.24, 2.45) is 4.99 Å². The van der Waals surface area contributed by atoms with Crippen LogP contribution >= 0.6 is 0 Å². The van der Waals surface area contributed by atoms with Crippen LogP contribution in [0.15, 0.2) is 23.2 Å². The second-order valence-corrected chi connectivity index (χ2v) is 4.29. The molecule has 0 aromatic heterocycles. The third-order valence-corrected chi connectivity index (χ3v) is 3.12. The highest BCUT2D eigenvalue weighted by atomic mass is 16.3. The summed E-state index contributed by atoms with van der Waals surface area (Å²) >= 11 is 0. The zero-order valence-electron chi connectivity index (χ0n) is 8.83. The van der Waals surface area contributed by atoms with E-state index in [2.05, 4.69) is 18.8 Å². The first-order valence-electron chi connectivity index (χ1n) is 4.86. The molecule has 2 nitrogen and oxygen atoms in total. The van der Waals surface area contributed by atoms with E-state index in [1.165, 1.54) is 5.56 Å². The van der Waals surface area contributed by atoms with Gasteiger partial charge in [-0.1, -0.05) is 26.0 Å². The molecule has 1 N–H and O–H groups in total. The number of benzene rings is 1. The Labute approximate surface area is 84.3 Å². The molecule has 1 aliphatic rings. The molecule has 0 aliphatic carbocycles. The van der Waals surface area contributed by atoms with E-state index in [4.69, 9.17) is 0 Å². The average molecular weight is 189 g/mol. The Hall–Kier alpha value is -1.15. The largest absolute Gasteiger partial charge is 0.392 e. The van der Waals surface area contributed by atoms with Gasteiger partial charge >= 0.3 is 0 Å². The monoisotopic (exact) mass is 189 g/mol. The summed E-state index contributed by atoms with van der Waals surface area (Å²) < 4.78 is 0. The minimum atomic E-state index is -0.0331. The molecule has 74 valence electrons. The molecule has 0 saturated heterocycles. The highest BCUT2D eigenvalue weighted by Gasteiger charge is 2.33. The Morgan fingerprint density at radius 1 is 1.36 bits per heavy atom. The lowest BCUT2D eigenvalue weighted by Crippen LogP contribution is -2.24. The standard InChI is InChI=1S/C12H15NO/c1-8-12(2,3)11-9(7-14)5-4-6-10(11)13-8/h4-6,14H,7H2,1-3H3. The predicted molar refractivity (Wildman–Crippen MR) is 58.2 cm³/mol. The molecule has 1 aromatic carbocycles. The van der Waals surface area contributed by atoms with Crippen molar-refractivity contribution in [3.63, 3.8) is 0 Å². The Bertz CT molecular complexity index is 405. The van der Waals surface area contributed by atoms with Gasteiger partial charge in [0, 0.05) is 11.1 Å². The maximum absolute atomic E-state index is 9.27. The lowest BCUT2D eigenvalue weighted by molar-refractivity contribution is 0.279. The summed E-state index contributed by atoms with van der Waals surface area (Å²) in [5.41, 5.74) is 4.27. The molecule has 0 amide bonds. The molecule has 0 unspecified atom stereocenters. The van der Waals surface area contributed by atoms with E-state index in [-0.39, 0.29) is 12.0 Å². The summed E-state index contributed by atoms with van der Waals surface area (Å²) in [5, 5.41) is 9.27. The van der Waals surface area contributed by atoms with Crippen molar-refractivity contribution < 1.29 is 5.11 Å². The van der Waals surface area contributed by atoms with Gasteiger partial charge in [0.05, 0.1) is 12.3 Å². The van der Waals surface area contributed by atoms with Crippen molar-refractivity contribution in [2.75, 3.05) is 0 Å². The Morgan fingerprint density at radius 3 is 2.71 bits per heavy atom. The molecular formula is C12H15NO. The number of aliphatic imine (C=N–C) groups is 1. The molecule has 1 heterocycles. The van der Waals surface area contributed by atoms with Crippen LogP contribution in [0.2, 0.25) is 0 Å². The minimum absolute atomic E-state index is 0.0331. The van der Waals surface area contributed by atoms with Crippen LogP contribution < -0.4 is 0 Å². The molecule has 1 aromatic rings. The van der Waals surface area contributed by atoms with Crippen molar-refractivity contribution >= 4 is 11.4 Å². The van der Waals surface area contributed by atoms with Crippen molar-refractivity contribution in [1.29, 1.82) is 0 Å². The number of hydrogen-bond acceptors (Lipinski definition) is 2. The van der Waals surface area contributed by atoms with E-state index < -0.39 is 0 Å². The van der Waals surface area contributed by atoms with Crippen LogP contribution in [-0.2, 0) is 12.0 Å². The maximum Gasteiger partial charge on any atom is 0.0685 e. The Morgan fingerprint density at radius 2 is 2.07 bits per heavy atom. The number of nitrogens with zero attached hydrogens (tertiary/aromatic N) is 1. The van der Waals surface area contributed by atoms with Crippen molar-refractivity contribution in [2.45, 2.75) is 32.8 Å². The zero-order valence-corrected chi connectivity index (χ0v) is 8.83. The lowest BCUT2D eigenvalue weighted by Gasteiger charge is -2.22. The quantitative estimate of drug-likeness (QED) is 0.723. The van der Waals surface area contributed by atoms with E-state index >= 15 is 0 Å². The van der Waals surface area contributed by atoms with Crippen molar-refractivity contribution in [3.05, 3.63) is 29.3 Å². The van der Waals surface area contributed by atoms with Gasteiger partial charge in [0.15, 0.2) is 0 Å². The van der Waals surface area contributed by atoms with Crippen molar-refractivity contribution in [3.8, 4) is 0 Å². The minimum Gasteiger partial charge on any atom is -0.392 e. The third kappa shape index (κ3) is 1.11. The normalized spacial score (nSPS) is 17.9. The molecule has 2 heteroatoms. The van der Waals surface area contributed by atoms with Crippen LogP contribution in [0.5, 0.6) is 0 Å². The number of hydrogen-bond donors (Lipinski definition) is 1. The van der Waals surface area contributed by atoms with Crippen LogP contribution in [0.4, 0.5) is 5.69 Å². The highest BCUT2D eigenvalue weighted by molar-refractivity contribution is 5.99. The molecule has 0 atom stereocenters. The maximum atomic E-state index is 9.27. The van der Waals surface area contributed by atoms with E-state index in [1.54, 1.807) is 0 Å². The van der Waals surface area contributed by atoms with Crippen LogP contribution in [0.25, 0.3) is 0 Å². The molecule has 14 heavy (non-hydrogen) atoms. The SMILES string of the molecule is CC1=Nc2cccc(CO)c2C1(C)C. The van der Waals surface area contributed by atoms with Crippen molar-refractivity contribution in [1.82, 2.24) is 0 Å². The zero-order chi connectivity index (χ0) is 10.3. The van der Waals surface area contributed by atoms with Gasteiger partial charge in [-0.25, -0.2) is 0 Å². The second-order valence-electron chi connectivity index (χ2n) is 4.29. The number of aliphatic hydroxyl groups is 1. The predicted octanol–water partition coefficient (Wildman–Crippen LogP) is 2.56. The Balaban J connectivity index is 2.67. The van der Waals surface area contributed by atoms with Gasteiger partial charge in [-0.2, -0.15) is 0 Å². The van der Waals surface area contributed by atoms with Crippen LogP contribution in [0, 0.1) is 0 Å². The molecule has 0 saturated carbocycles. The molecule has 0 fully saturated rings. The van der Waals surface area contributed by atoms with E-state index in [0.29, 0.717) is 0 Å². The lowest BCUT2D eigenvalue weighted by atomic mass is 9.80. The van der Waals surface area contributed by atoms with Crippen LogP contribution in [0.1, 0.15) is 31.9 Å². The second kappa shape index (κ2) is 2.92. The molecule has 2 rings (SSSR count). The highest BCUT2D eigenvalue weighted by Crippen LogP contribution is 2.41. The molecule has 1 aliphatic heterocycles. The van der Waals surface area contributed by atoms with Crippen LogP contribution in [0.3, 0.4) is 0 Å². The van der Waals surface area contributed by atoms with Crippen LogP contribution in [-0.4, -0.2) is 10.8 Å². The van der Waals surface area contributed by atoms with E-state index in [0.717, 1.165) is 17.0 Å². The van der Waals surface area contributed by atoms with E-state index in [1.807, 2.05) is 25.1 Å². The summed E-state index contributed by atoms with van der Waals surface area (Å²) in [7, 11) is 0. The molecular weight excluding hydrogens is 174 g/mol. The molecule has 0 bridgehead atoms.